The first-order chi connectivity index (χ1) is 44.6. The van der Waals surface area contributed by atoms with Crippen LogP contribution in [0.3, 0.4) is 0 Å². The molecule has 6 aromatic carbocycles. The second-order valence-corrected chi connectivity index (χ2v) is 25.2. The van der Waals surface area contributed by atoms with Crippen LogP contribution in [0.5, 0.6) is 11.5 Å². The second-order valence-electron chi connectivity index (χ2n) is 25.2. The zero-order valence-corrected chi connectivity index (χ0v) is 58.2. The first-order valence-electron chi connectivity index (χ1n) is 36.3. The smallest absolute Gasteiger partial charge is 0.135 e. The number of nitrogens with zero attached hydrogens (tertiary/aromatic N) is 3. The van der Waals surface area contributed by atoms with Gasteiger partial charge < -0.3 is 14.5 Å². The maximum Gasteiger partial charge on any atom is 0.135 e. The molecular formula is C85H116FeN3O2-. The molecule has 0 N–H and O–H groups in total. The van der Waals surface area contributed by atoms with Crippen molar-refractivity contribution < 1.29 is 26.5 Å². The summed E-state index contributed by atoms with van der Waals surface area (Å²) in [5.41, 5.74) is 12.7. The molecule has 5 nitrogen and oxygen atoms in total. The van der Waals surface area contributed by atoms with Gasteiger partial charge >= 0.3 is 0 Å². The van der Waals surface area contributed by atoms with Crippen LogP contribution in [0, 0.1) is 0 Å². The predicted octanol–water partition coefficient (Wildman–Crippen LogP) is 27.0. The molecule has 0 aliphatic heterocycles. The number of hydrogen-bond donors (Lipinski definition) is 0. The van der Waals surface area contributed by atoms with Gasteiger partial charge in [-0.1, -0.05) is 365 Å². The van der Waals surface area contributed by atoms with Crippen LogP contribution in [-0.2, 0) is 17.1 Å². The molecule has 0 spiro atoms. The van der Waals surface area contributed by atoms with Gasteiger partial charge in [0, 0.05) is 63.0 Å². The van der Waals surface area contributed by atoms with E-state index < -0.39 is 0 Å². The molecule has 0 atom stereocenters. The standard InChI is InChI=1S/C45H60N2O.C40H56NO.Fe/c1-3-4-5-6-7-8-9-10-11-12-13-14-15-16-17-18-19-26-34-48-45-43(39-28-22-20-23-29-39)35-42(36-44(45)40-30-24-21-25-31-40)47-38(2)41-32-27-33-46-37-41;1-3-5-6-7-8-9-10-11-12-13-14-15-16-17-18-19-20-27-32-42-40-38(35-28-23-21-24-29-35)33-37(41-4-2)34-39(40)36-30-25-22-26-31-36;/h20-25,27-33,35-37H,3-19,26,34H2,1-2H3;21-26,28-31,33-34H,3,5-20,27,32H2,1-2H3;/q;-1;. The Morgan fingerprint density at radius 1 is 0.352 bits per heavy atom. The number of ether oxygens (including phenoxy) is 2. The van der Waals surface area contributed by atoms with E-state index in [0.717, 1.165) is 105 Å². The summed E-state index contributed by atoms with van der Waals surface area (Å²) in [6.07, 6.45) is 56.4. The number of benzene rings is 6. The molecule has 0 fully saturated rings. The summed E-state index contributed by atoms with van der Waals surface area (Å²) in [5, 5.41) is 0. The molecule has 0 amide bonds. The fourth-order valence-corrected chi connectivity index (χ4v) is 12.3. The summed E-state index contributed by atoms with van der Waals surface area (Å²) < 4.78 is 13.3. The number of unbranched alkanes of at least 4 members (excludes halogenated alkanes) is 34. The van der Waals surface area contributed by atoms with E-state index in [4.69, 9.17) is 14.5 Å². The van der Waals surface area contributed by atoms with E-state index in [0.29, 0.717) is 0 Å². The first kappa shape index (κ1) is 75.6. The molecule has 1 aromatic heterocycles. The summed E-state index contributed by atoms with van der Waals surface area (Å²) in [4.78, 5) is 13.8. The number of hydrogen-bond acceptors (Lipinski definition) is 5. The van der Waals surface area contributed by atoms with E-state index >= 15 is 0 Å². The van der Waals surface area contributed by atoms with Crippen LogP contribution in [0.25, 0.3) is 44.5 Å². The number of rotatable bonds is 47. The maximum absolute atomic E-state index is 6.69. The van der Waals surface area contributed by atoms with E-state index in [1.54, 1.807) is 6.20 Å². The molecule has 7 rings (SSSR count). The first-order valence-corrected chi connectivity index (χ1v) is 36.3. The number of aromatic nitrogens is 1. The summed E-state index contributed by atoms with van der Waals surface area (Å²) in [6.45, 7) is 9.93. The van der Waals surface area contributed by atoms with Crippen LogP contribution in [0.2, 0.25) is 0 Å². The molecule has 0 radical (unpaired) electrons. The van der Waals surface area contributed by atoms with Crippen molar-refractivity contribution in [2.24, 2.45) is 9.98 Å². The van der Waals surface area contributed by atoms with E-state index in [2.05, 4.69) is 182 Å². The van der Waals surface area contributed by atoms with Gasteiger partial charge in [-0.15, -0.1) is 19.1 Å². The van der Waals surface area contributed by atoms with Crippen molar-refractivity contribution in [1.29, 1.82) is 0 Å². The van der Waals surface area contributed by atoms with Gasteiger partial charge in [0.15, 0.2) is 0 Å². The fraction of sp³-hybridized carbons (Fsp3) is 0.494. The van der Waals surface area contributed by atoms with E-state index in [9.17, 15) is 0 Å². The van der Waals surface area contributed by atoms with Gasteiger partial charge in [0.25, 0.3) is 0 Å². The van der Waals surface area contributed by atoms with Crippen LogP contribution in [0.1, 0.15) is 264 Å². The quantitative estimate of drug-likeness (QED) is 0.0165. The van der Waals surface area contributed by atoms with E-state index in [1.165, 1.54) is 218 Å². The molecule has 492 valence electrons. The van der Waals surface area contributed by atoms with Crippen molar-refractivity contribution in [2.75, 3.05) is 13.2 Å². The number of aliphatic imine (C=N–C) groups is 2. The average molecular weight is 1270 g/mol. The van der Waals surface area contributed by atoms with E-state index in [-0.39, 0.29) is 17.1 Å². The van der Waals surface area contributed by atoms with Gasteiger partial charge in [0.1, 0.15) is 11.5 Å². The maximum atomic E-state index is 6.69. The number of pyridine rings is 1. The molecule has 91 heavy (non-hydrogen) atoms. The molecule has 0 saturated heterocycles. The molecule has 1 heterocycles. The zero-order chi connectivity index (χ0) is 63.0. The Balaban J connectivity index is 0.000000330. The molecule has 7 aromatic rings. The van der Waals surface area contributed by atoms with Crippen LogP contribution in [0.15, 0.2) is 180 Å². The molecule has 0 aliphatic rings. The van der Waals surface area contributed by atoms with Crippen molar-refractivity contribution in [2.45, 2.75) is 259 Å². The Hall–Kier alpha value is -6.07. The third-order valence-electron chi connectivity index (χ3n) is 17.6. The van der Waals surface area contributed by atoms with Gasteiger partial charge in [-0.2, -0.15) is 6.21 Å². The summed E-state index contributed by atoms with van der Waals surface area (Å²) in [5.74, 6) is 1.90. The molecule has 0 unspecified atom stereocenters. The Labute approximate surface area is 565 Å². The minimum Gasteiger partial charge on any atom is -0.492 e. The van der Waals surface area contributed by atoms with Crippen molar-refractivity contribution in [1.82, 2.24) is 4.98 Å². The van der Waals surface area contributed by atoms with Crippen molar-refractivity contribution in [3.05, 3.63) is 176 Å². The second kappa shape index (κ2) is 49.6. The monoisotopic (exact) mass is 1270 g/mol. The van der Waals surface area contributed by atoms with Gasteiger partial charge in [0.05, 0.1) is 18.9 Å². The SMILES string of the molecule is CCCCCCCCCCCCCCCCCCCCOc1c(-c2ccccc2)cc(N=C(C)c2cccnc2)cc1-c1ccccc1.C[C-]=Nc1cc(-c2ccccc2)c(OCCCCCCCCCCCCCCCCCCCC)c(-c2ccccc2)c1.[Fe]. The van der Waals surface area contributed by atoms with Crippen molar-refractivity contribution in [3.63, 3.8) is 0 Å². The Bertz CT molecular complexity index is 2830. The molecular weight excluding hydrogens is 1150 g/mol. The van der Waals surface area contributed by atoms with Crippen LogP contribution in [-0.4, -0.2) is 30.1 Å². The Morgan fingerprint density at radius 2 is 0.626 bits per heavy atom. The van der Waals surface area contributed by atoms with Crippen LogP contribution >= 0.6 is 0 Å². The summed E-state index contributed by atoms with van der Waals surface area (Å²) in [6, 6.07) is 54.8. The third-order valence-corrected chi connectivity index (χ3v) is 17.6. The van der Waals surface area contributed by atoms with Gasteiger partial charge in [0.2, 0.25) is 0 Å². The minimum atomic E-state index is 0. The van der Waals surface area contributed by atoms with Crippen molar-refractivity contribution in [3.8, 4) is 56.0 Å². The Kier molecular flexibility index (Phi) is 41.2. The van der Waals surface area contributed by atoms with Gasteiger partial charge in [-0.3, -0.25) is 9.98 Å². The minimum absolute atomic E-state index is 0. The molecule has 0 aliphatic carbocycles. The average Bonchev–Trinajstić information content (AvgIpc) is 1.23. The van der Waals surface area contributed by atoms with Crippen LogP contribution < -0.4 is 9.47 Å². The largest absolute Gasteiger partial charge is 0.492 e. The van der Waals surface area contributed by atoms with Gasteiger partial charge in [-0.05, 0) is 60.2 Å². The normalized spacial score (nSPS) is 11.4. The van der Waals surface area contributed by atoms with Crippen molar-refractivity contribution >= 4 is 23.3 Å². The van der Waals surface area contributed by atoms with Crippen LogP contribution in [0.4, 0.5) is 11.4 Å². The summed E-state index contributed by atoms with van der Waals surface area (Å²) in [7, 11) is 0. The Morgan fingerprint density at radius 3 is 0.890 bits per heavy atom. The molecule has 6 heteroatoms. The molecule has 0 saturated carbocycles. The molecule has 0 bridgehead atoms. The third kappa shape index (κ3) is 30.9. The fourth-order valence-electron chi connectivity index (χ4n) is 12.3. The topological polar surface area (TPSA) is 56.1 Å². The summed E-state index contributed by atoms with van der Waals surface area (Å²) >= 11 is 0. The predicted molar refractivity (Wildman–Crippen MR) is 392 cm³/mol. The zero-order valence-electron chi connectivity index (χ0n) is 57.0. The van der Waals surface area contributed by atoms with Gasteiger partial charge in [-0.25, -0.2) is 0 Å². The van der Waals surface area contributed by atoms with E-state index in [1.807, 2.05) is 26.1 Å².